The van der Waals surface area contributed by atoms with Crippen molar-refractivity contribution in [1.29, 1.82) is 0 Å². The number of rotatable bonds is 3. The number of furan rings is 1. The summed E-state index contributed by atoms with van der Waals surface area (Å²) in [5.74, 6) is 0.568. The zero-order valence-electron chi connectivity index (χ0n) is 12.2. The molecule has 6 heteroatoms. The number of hydrogen-bond acceptors (Lipinski definition) is 3. The van der Waals surface area contributed by atoms with Crippen molar-refractivity contribution >= 4 is 11.7 Å². The molecule has 0 aliphatic carbocycles. The van der Waals surface area contributed by atoms with Gasteiger partial charge in [-0.05, 0) is 30.3 Å². The van der Waals surface area contributed by atoms with Gasteiger partial charge in [-0.2, -0.15) is 0 Å². The summed E-state index contributed by atoms with van der Waals surface area (Å²) >= 11 is 0. The lowest BCUT2D eigenvalue weighted by Gasteiger charge is -2.34. The van der Waals surface area contributed by atoms with Crippen LogP contribution in [0.1, 0.15) is 5.76 Å². The Labute approximate surface area is 128 Å². The van der Waals surface area contributed by atoms with Gasteiger partial charge < -0.3 is 14.6 Å². The monoisotopic (exact) mass is 303 g/mol. The molecule has 1 fully saturated rings. The first kappa shape index (κ1) is 14.6. The first-order chi connectivity index (χ1) is 10.7. The van der Waals surface area contributed by atoms with Gasteiger partial charge in [0.2, 0.25) is 0 Å². The Balaban J connectivity index is 1.49. The zero-order chi connectivity index (χ0) is 15.4. The second-order valence-electron chi connectivity index (χ2n) is 5.28. The summed E-state index contributed by atoms with van der Waals surface area (Å²) in [4.78, 5) is 16.1. The summed E-state index contributed by atoms with van der Waals surface area (Å²) in [6, 6.07) is 9.54. The zero-order valence-corrected chi connectivity index (χ0v) is 12.2. The van der Waals surface area contributed by atoms with E-state index < -0.39 is 0 Å². The molecule has 1 aromatic carbocycles. The Hall–Kier alpha value is -2.34. The van der Waals surface area contributed by atoms with Crippen molar-refractivity contribution in [3.05, 3.63) is 54.2 Å². The lowest BCUT2D eigenvalue weighted by molar-refractivity contribution is 0.137. The number of anilines is 1. The van der Waals surface area contributed by atoms with Crippen molar-refractivity contribution in [1.82, 2.24) is 9.80 Å². The van der Waals surface area contributed by atoms with Gasteiger partial charge in [0.25, 0.3) is 0 Å². The van der Waals surface area contributed by atoms with Gasteiger partial charge in [-0.25, -0.2) is 9.18 Å². The quantitative estimate of drug-likeness (QED) is 0.948. The minimum absolute atomic E-state index is 0.191. The molecule has 5 nitrogen and oxygen atoms in total. The summed E-state index contributed by atoms with van der Waals surface area (Å²) in [7, 11) is 0. The molecule has 0 radical (unpaired) electrons. The second kappa shape index (κ2) is 6.62. The average molecular weight is 303 g/mol. The summed E-state index contributed by atoms with van der Waals surface area (Å²) in [6.45, 7) is 3.62. The van der Waals surface area contributed by atoms with E-state index >= 15 is 0 Å². The Morgan fingerprint density at radius 2 is 2.00 bits per heavy atom. The fraction of sp³-hybridized carbons (Fsp3) is 0.312. The highest BCUT2D eigenvalue weighted by molar-refractivity contribution is 5.89. The van der Waals surface area contributed by atoms with Crippen LogP contribution in [0.25, 0.3) is 0 Å². The smallest absolute Gasteiger partial charge is 0.321 e. The van der Waals surface area contributed by atoms with Crippen molar-refractivity contribution in [2.75, 3.05) is 31.5 Å². The average Bonchev–Trinajstić information content (AvgIpc) is 3.01. The maximum atomic E-state index is 13.1. The molecule has 0 saturated carbocycles. The fourth-order valence-corrected chi connectivity index (χ4v) is 2.50. The van der Waals surface area contributed by atoms with E-state index in [1.807, 2.05) is 12.1 Å². The minimum Gasteiger partial charge on any atom is -0.468 e. The van der Waals surface area contributed by atoms with E-state index in [-0.39, 0.29) is 11.8 Å². The lowest BCUT2D eigenvalue weighted by atomic mass is 10.3. The standard InChI is InChI=1S/C16H18FN3O2/c17-13-3-1-4-14(11-13)18-16(21)20-8-6-19(7-9-20)12-15-5-2-10-22-15/h1-5,10-11H,6-9,12H2,(H,18,21). The second-order valence-corrected chi connectivity index (χ2v) is 5.28. The molecule has 0 unspecified atom stereocenters. The summed E-state index contributed by atoms with van der Waals surface area (Å²) in [5.41, 5.74) is 0.475. The van der Waals surface area contributed by atoms with E-state index in [9.17, 15) is 9.18 Å². The number of carbonyl (C=O) groups is 1. The number of nitrogens with one attached hydrogen (secondary N) is 1. The maximum absolute atomic E-state index is 13.1. The molecule has 0 atom stereocenters. The van der Waals surface area contributed by atoms with Gasteiger partial charge in [0.15, 0.2) is 0 Å². The molecule has 1 aliphatic heterocycles. The Morgan fingerprint density at radius 3 is 2.68 bits per heavy atom. The van der Waals surface area contributed by atoms with Gasteiger partial charge in [-0.1, -0.05) is 6.07 Å². The van der Waals surface area contributed by atoms with Crippen LogP contribution in [-0.4, -0.2) is 42.0 Å². The van der Waals surface area contributed by atoms with Gasteiger partial charge in [0.1, 0.15) is 11.6 Å². The highest BCUT2D eigenvalue weighted by Crippen LogP contribution is 2.12. The molecule has 1 aliphatic rings. The van der Waals surface area contributed by atoms with Crippen molar-refractivity contribution in [2.24, 2.45) is 0 Å². The molecule has 2 amide bonds. The molecular formula is C16H18FN3O2. The molecule has 116 valence electrons. The minimum atomic E-state index is -0.360. The highest BCUT2D eigenvalue weighted by Gasteiger charge is 2.21. The fourth-order valence-electron chi connectivity index (χ4n) is 2.50. The summed E-state index contributed by atoms with van der Waals surface area (Å²) in [5, 5.41) is 2.72. The number of benzene rings is 1. The van der Waals surface area contributed by atoms with Crippen LogP contribution in [0.5, 0.6) is 0 Å². The van der Waals surface area contributed by atoms with Crippen molar-refractivity contribution < 1.29 is 13.6 Å². The van der Waals surface area contributed by atoms with E-state index in [4.69, 9.17) is 4.42 Å². The SMILES string of the molecule is O=C(Nc1cccc(F)c1)N1CCN(Cc2ccco2)CC1. The first-order valence-electron chi connectivity index (χ1n) is 7.27. The van der Waals surface area contributed by atoms with Crippen LogP contribution in [0.4, 0.5) is 14.9 Å². The molecule has 1 saturated heterocycles. The van der Waals surface area contributed by atoms with Gasteiger partial charge in [-0.3, -0.25) is 4.90 Å². The van der Waals surface area contributed by atoms with E-state index in [0.717, 1.165) is 25.4 Å². The van der Waals surface area contributed by atoms with Gasteiger partial charge in [-0.15, -0.1) is 0 Å². The number of halogens is 1. The van der Waals surface area contributed by atoms with Crippen molar-refractivity contribution in [3.63, 3.8) is 0 Å². The summed E-state index contributed by atoms with van der Waals surface area (Å²) in [6.07, 6.45) is 1.66. The normalized spacial score (nSPS) is 15.8. The molecule has 2 aromatic rings. The van der Waals surface area contributed by atoms with E-state index in [0.29, 0.717) is 18.8 Å². The van der Waals surface area contributed by atoms with Crippen LogP contribution in [0, 0.1) is 5.82 Å². The third kappa shape index (κ3) is 3.65. The highest BCUT2D eigenvalue weighted by atomic mass is 19.1. The largest absolute Gasteiger partial charge is 0.468 e. The van der Waals surface area contributed by atoms with Crippen molar-refractivity contribution in [2.45, 2.75) is 6.54 Å². The number of amides is 2. The molecule has 0 bridgehead atoms. The molecular weight excluding hydrogens is 285 g/mol. The van der Waals surface area contributed by atoms with E-state index in [1.165, 1.54) is 12.1 Å². The Morgan fingerprint density at radius 1 is 1.18 bits per heavy atom. The third-order valence-corrected chi connectivity index (χ3v) is 3.69. The molecule has 3 rings (SSSR count). The van der Waals surface area contributed by atoms with Gasteiger partial charge in [0.05, 0.1) is 12.8 Å². The van der Waals surface area contributed by atoms with Crippen LogP contribution in [0.15, 0.2) is 47.1 Å². The Bertz CT molecular complexity index is 622. The van der Waals surface area contributed by atoms with Crippen LogP contribution >= 0.6 is 0 Å². The van der Waals surface area contributed by atoms with Crippen LogP contribution in [-0.2, 0) is 6.54 Å². The molecule has 1 N–H and O–H groups in total. The molecule has 1 aromatic heterocycles. The van der Waals surface area contributed by atoms with Gasteiger partial charge in [0, 0.05) is 31.9 Å². The molecule has 22 heavy (non-hydrogen) atoms. The van der Waals surface area contributed by atoms with Crippen molar-refractivity contribution in [3.8, 4) is 0 Å². The van der Waals surface area contributed by atoms with Crippen LogP contribution in [0.2, 0.25) is 0 Å². The number of nitrogens with zero attached hydrogens (tertiary/aromatic N) is 2. The number of urea groups is 1. The van der Waals surface area contributed by atoms with E-state index in [2.05, 4.69) is 10.2 Å². The first-order valence-corrected chi connectivity index (χ1v) is 7.27. The topological polar surface area (TPSA) is 48.7 Å². The number of carbonyl (C=O) groups excluding carboxylic acids is 1. The molecule has 0 spiro atoms. The number of piperazine rings is 1. The maximum Gasteiger partial charge on any atom is 0.321 e. The third-order valence-electron chi connectivity index (χ3n) is 3.69. The molecule has 2 heterocycles. The lowest BCUT2D eigenvalue weighted by Crippen LogP contribution is -2.49. The predicted molar refractivity (Wildman–Crippen MR) is 81.0 cm³/mol. The Kier molecular flexibility index (Phi) is 4.39. The van der Waals surface area contributed by atoms with Gasteiger partial charge >= 0.3 is 6.03 Å². The number of hydrogen-bond donors (Lipinski definition) is 1. The van der Waals surface area contributed by atoms with E-state index in [1.54, 1.807) is 23.3 Å². The van der Waals surface area contributed by atoms with Crippen LogP contribution < -0.4 is 5.32 Å². The van der Waals surface area contributed by atoms with Crippen LogP contribution in [0.3, 0.4) is 0 Å². The summed E-state index contributed by atoms with van der Waals surface area (Å²) < 4.78 is 18.4. The predicted octanol–water partition coefficient (Wildman–Crippen LogP) is 2.77.